The highest BCUT2D eigenvalue weighted by Crippen LogP contribution is 1.99. The van der Waals surface area contributed by atoms with Gasteiger partial charge in [0.15, 0.2) is 0 Å². The van der Waals surface area contributed by atoms with Gasteiger partial charge in [-0.1, -0.05) is 0 Å². The average molecular weight is 214 g/mol. The van der Waals surface area contributed by atoms with Gasteiger partial charge < -0.3 is 14.7 Å². The Morgan fingerprint density at radius 2 is 1.93 bits per heavy atom. The first-order chi connectivity index (χ1) is 6.95. The van der Waals surface area contributed by atoms with Gasteiger partial charge in [0.25, 0.3) is 0 Å². The van der Waals surface area contributed by atoms with Gasteiger partial charge in [0.2, 0.25) is 0 Å². The maximum atomic E-state index is 9.60. The van der Waals surface area contributed by atoms with Crippen LogP contribution in [0, 0.1) is 17.2 Å². The highest BCUT2D eigenvalue weighted by Gasteiger charge is 2.11. The molecule has 4 heteroatoms. The fraction of sp³-hybridized carbons (Fsp3) is 0.909. The number of hydrogen-bond donors (Lipinski definition) is 1. The molecule has 0 aromatic heterocycles. The SMILES string of the molecule is CC(C#N)CN(C)CC(O)COC(C)C. The number of likely N-dealkylation sites (N-methyl/N-ethyl adjacent to an activating group) is 1. The van der Waals surface area contributed by atoms with Crippen molar-refractivity contribution in [3.8, 4) is 6.07 Å². The summed E-state index contributed by atoms with van der Waals surface area (Å²) < 4.78 is 5.29. The van der Waals surface area contributed by atoms with Crippen molar-refractivity contribution in [2.75, 3.05) is 26.7 Å². The third-order valence-electron chi connectivity index (χ3n) is 1.95. The first-order valence-electron chi connectivity index (χ1n) is 5.33. The van der Waals surface area contributed by atoms with Crippen LogP contribution < -0.4 is 0 Å². The molecule has 0 bridgehead atoms. The highest BCUT2D eigenvalue weighted by molar-refractivity contribution is 4.81. The summed E-state index contributed by atoms with van der Waals surface area (Å²) in [6.07, 6.45) is -0.341. The lowest BCUT2D eigenvalue weighted by Gasteiger charge is -2.21. The lowest BCUT2D eigenvalue weighted by Crippen LogP contribution is -2.35. The van der Waals surface area contributed by atoms with Crippen LogP contribution in [0.3, 0.4) is 0 Å². The van der Waals surface area contributed by atoms with E-state index in [9.17, 15) is 5.11 Å². The molecule has 2 unspecified atom stereocenters. The molecule has 4 nitrogen and oxygen atoms in total. The van der Waals surface area contributed by atoms with Crippen LogP contribution in [-0.4, -0.2) is 49.0 Å². The standard InChI is InChI=1S/C11H22N2O2/c1-9(2)15-8-11(14)7-13(4)6-10(3)5-12/h9-11,14H,6-8H2,1-4H3. The van der Waals surface area contributed by atoms with Crippen molar-refractivity contribution in [1.29, 1.82) is 5.26 Å². The molecule has 0 amide bonds. The molecule has 0 saturated heterocycles. The van der Waals surface area contributed by atoms with Crippen molar-refractivity contribution in [2.45, 2.75) is 33.0 Å². The Morgan fingerprint density at radius 3 is 2.40 bits per heavy atom. The fourth-order valence-electron chi connectivity index (χ4n) is 1.30. The molecule has 0 aromatic carbocycles. The van der Waals surface area contributed by atoms with Gasteiger partial charge in [0.05, 0.1) is 30.8 Å². The van der Waals surface area contributed by atoms with Crippen molar-refractivity contribution in [1.82, 2.24) is 4.90 Å². The third kappa shape index (κ3) is 8.37. The van der Waals surface area contributed by atoms with E-state index in [2.05, 4.69) is 6.07 Å². The molecule has 0 fully saturated rings. The minimum absolute atomic E-state index is 0.00628. The molecule has 0 rings (SSSR count). The van der Waals surface area contributed by atoms with E-state index in [0.29, 0.717) is 19.7 Å². The smallest absolute Gasteiger partial charge is 0.0900 e. The molecular formula is C11H22N2O2. The van der Waals surface area contributed by atoms with Crippen LogP contribution in [0.2, 0.25) is 0 Å². The van der Waals surface area contributed by atoms with Gasteiger partial charge in [-0.3, -0.25) is 0 Å². The van der Waals surface area contributed by atoms with E-state index >= 15 is 0 Å². The summed E-state index contributed by atoms with van der Waals surface area (Å²) in [5, 5.41) is 18.2. The summed E-state index contributed by atoms with van der Waals surface area (Å²) in [7, 11) is 1.90. The van der Waals surface area contributed by atoms with Gasteiger partial charge in [-0.25, -0.2) is 0 Å². The van der Waals surface area contributed by atoms with E-state index in [1.165, 1.54) is 0 Å². The number of hydrogen-bond acceptors (Lipinski definition) is 4. The van der Waals surface area contributed by atoms with Crippen LogP contribution >= 0.6 is 0 Å². The molecule has 15 heavy (non-hydrogen) atoms. The zero-order valence-electron chi connectivity index (χ0n) is 10.1. The van der Waals surface area contributed by atoms with Gasteiger partial charge in [-0.05, 0) is 27.8 Å². The number of aliphatic hydroxyl groups is 1. The second-order valence-corrected chi connectivity index (χ2v) is 4.29. The quantitative estimate of drug-likeness (QED) is 0.683. The Morgan fingerprint density at radius 1 is 1.33 bits per heavy atom. The summed E-state index contributed by atoms with van der Waals surface area (Å²) >= 11 is 0. The molecule has 0 spiro atoms. The molecule has 0 aromatic rings. The summed E-state index contributed by atoms with van der Waals surface area (Å²) in [6.45, 7) is 7.31. The Hall–Kier alpha value is -0.630. The van der Waals surface area contributed by atoms with E-state index in [1.54, 1.807) is 0 Å². The zero-order valence-corrected chi connectivity index (χ0v) is 10.1. The number of nitrogens with zero attached hydrogens (tertiary/aromatic N) is 2. The Balaban J connectivity index is 3.67. The monoisotopic (exact) mass is 214 g/mol. The predicted molar refractivity (Wildman–Crippen MR) is 59.4 cm³/mol. The van der Waals surface area contributed by atoms with Crippen molar-refractivity contribution >= 4 is 0 Å². The predicted octanol–water partition coefficient (Wildman–Crippen LogP) is 0.864. The molecule has 0 aliphatic heterocycles. The zero-order chi connectivity index (χ0) is 11.8. The largest absolute Gasteiger partial charge is 0.389 e. The van der Waals surface area contributed by atoms with Crippen molar-refractivity contribution in [3.05, 3.63) is 0 Å². The Bertz CT molecular complexity index is 201. The van der Waals surface area contributed by atoms with Crippen LogP contribution in [0.1, 0.15) is 20.8 Å². The molecule has 1 N–H and O–H groups in total. The molecule has 0 aliphatic carbocycles. The van der Waals surface area contributed by atoms with Crippen molar-refractivity contribution < 1.29 is 9.84 Å². The molecular weight excluding hydrogens is 192 g/mol. The minimum Gasteiger partial charge on any atom is -0.389 e. The number of aliphatic hydroxyl groups excluding tert-OH is 1. The second-order valence-electron chi connectivity index (χ2n) is 4.29. The number of nitriles is 1. The molecule has 0 aliphatic rings. The van der Waals surface area contributed by atoms with E-state index in [-0.39, 0.29) is 12.0 Å². The highest BCUT2D eigenvalue weighted by atomic mass is 16.5. The molecule has 0 radical (unpaired) electrons. The summed E-state index contributed by atoms with van der Waals surface area (Å²) in [4.78, 5) is 1.95. The molecule has 88 valence electrons. The summed E-state index contributed by atoms with van der Waals surface area (Å²) in [6, 6.07) is 2.16. The summed E-state index contributed by atoms with van der Waals surface area (Å²) in [5.41, 5.74) is 0. The minimum atomic E-state index is -0.483. The normalized spacial score (nSPS) is 15.3. The van der Waals surface area contributed by atoms with Crippen molar-refractivity contribution in [2.24, 2.45) is 5.92 Å². The van der Waals surface area contributed by atoms with Gasteiger partial charge in [0, 0.05) is 13.1 Å². The Labute approximate surface area is 92.4 Å². The first kappa shape index (κ1) is 14.4. The lowest BCUT2D eigenvalue weighted by molar-refractivity contribution is -0.00615. The van der Waals surface area contributed by atoms with Crippen LogP contribution in [0.25, 0.3) is 0 Å². The second kappa shape index (κ2) is 7.63. The van der Waals surface area contributed by atoms with Crippen LogP contribution in [0.4, 0.5) is 0 Å². The molecule has 0 saturated carbocycles. The van der Waals surface area contributed by atoms with Crippen LogP contribution in [-0.2, 0) is 4.74 Å². The van der Waals surface area contributed by atoms with Gasteiger partial charge >= 0.3 is 0 Å². The fourth-order valence-corrected chi connectivity index (χ4v) is 1.30. The van der Waals surface area contributed by atoms with Gasteiger partial charge in [-0.15, -0.1) is 0 Å². The van der Waals surface area contributed by atoms with E-state index in [1.807, 2.05) is 32.7 Å². The van der Waals surface area contributed by atoms with Gasteiger partial charge in [-0.2, -0.15) is 5.26 Å². The maximum Gasteiger partial charge on any atom is 0.0900 e. The Kier molecular flexibility index (Phi) is 7.31. The third-order valence-corrected chi connectivity index (χ3v) is 1.95. The number of ether oxygens (including phenoxy) is 1. The van der Waals surface area contributed by atoms with E-state index < -0.39 is 6.10 Å². The number of rotatable bonds is 7. The molecule has 2 atom stereocenters. The summed E-state index contributed by atoms with van der Waals surface area (Å²) in [5.74, 6) is -0.00628. The lowest BCUT2D eigenvalue weighted by atomic mass is 10.2. The first-order valence-corrected chi connectivity index (χ1v) is 5.33. The van der Waals surface area contributed by atoms with E-state index in [4.69, 9.17) is 10.00 Å². The maximum absolute atomic E-state index is 9.60. The van der Waals surface area contributed by atoms with Crippen LogP contribution in [0.15, 0.2) is 0 Å². The topological polar surface area (TPSA) is 56.5 Å². The molecule has 0 heterocycles. The van der Waals surface area contributed by atoms with Crippen molar-refractivity contribution in [3.63, 3.8) is 0 Å². The average Bonchev–Trinajstić information content (AvgIpc) is 2.14. The van der Waals surface area contributed by atoms with E-state index in [0.717, 1.165) is 0 Å². The van der Waals surface area contributed by atoms with Gasteiger partial charge in [0.1, 0.15) is 0 Å². The van der Waals surface area contributed by atoms with Crippen LogP contribution in [0.5, 0.6) is 0 Å².